The molecule has 5 heteroatoms. The van der Waals surface area contributed by atoms with Crippen LogP contribution in [0.1, 0.15) is 36.2 Å². The highest BCUT2D eigenvalue weighted by Crippen LogP contribution is 2.30. The van der Waals surface area contributed by atoms with Crippen LogP contribution in [0.5, 0.6) is 0 Å². The standard InChI is InChI=1S/C15H19Cl2N3/c1-4-7-18-15(12-9-20(3)19-10(12)2)11-5-6-13(16)14(17)8-11/h5-6,8-9,15,18H,4,7H2,1-3H3. The van der Waals surface area contributed by atoms with Gasteiger partial charge < -0.3 is 5.32 Å². The fourth-order valence-corrected chi connectivity index (χ4v) is 2.60. The second kappa shape index (κ2) is 6.61. The van der Waals surface area contributed by atoms with Gasteiger partial charge in [-0.2, -0.15) is 5.10 Å². The van der Waals surface area contributed by atoms with Crippen LogP contribution in [0.4, 0.5) is 0 Å². The summed E-state index contributed by atoms with van der Waals surface area (Å²) in [4.78, 5) is 0. The molecule has 0 aliphatic heterocycles. The van der Waals surface area contributed by atoms with Crippen LogP contribution < -0.4 is 5.32 Å². The van der Waals surface area contributed by atoms with E-state index in [1.165, 1.54) is 5.56 Å². The van der Waals surface area contributed by atoms with Crippen LogP contribution in [0.15, 0.2) is 24.4 Å². The van der Waals surface area contributed by atoms with Crippen LogP contribution in [0, 0.1) is 6.92 Å². The van der Waals surface area contributed by atoms with Gasteiger partial charge in [-0.1, -0.05) is 36.2 Å². The number of aryl methyl sites for hydroxylation is 2. The van der Waals surface area contributed by atoms with Crippen LogP contribution >= 0.6 is 23.2 Å². The number of nitrogens with zero attached hydrogens (tertiary/aromatic N) is 2. The van der Waals surface area contributed by atoms with Gasteiger partial charge in [-0.3, -0.25) is 4.68 Å². The summed E-state index contributed by atoms with van der Waals surface area (Å²) in [5.74, 6) is 0. The Morgan fingerprint density at radius 2 is 2.05 bits per heavy atom. The van der Waals surface area contributed by atoms with Gasteiger partial charge in [-0.05, 0) is 37.6 Å². The molecule has 0 spiro atoms. The van der Waals surface area contributed by atoms with Crippen molar-refractivity contribution in [1.29, 1.82) is 0 Å². The van der Waals surface area contributed by atoms with Crippen LogP contribution in [0.2, 0.25) is 10.0 Å². The summed E-state index contributed by atoms with van der Waals surface area (Å²) in [6, 6.07) is 5.85. The summed E-state index contributed by atoms with van der Waals surface area (Å²) < 4.78 is 1.84. The third kappa shape index (κ3) is 3.35. The van der Waals surface area contributed by atoms with E-state index in [2.05, 4.69) is 17.3 Å². The van der Waals surface area contributed by atoms with Crippen molar-refractivity contribution in [3.8, 4) is 0 Å². The maximum absolute atomic E-state index is 6.14. The molecule has 1 heterocycles. The molecule has 0 bridgehead atoms. The first-order valence-electron chi connectivity index (χ1n) is 6.71. The molecule has 0 amide bonds. The van der Waals surface area contributed by atoms with Gasteiger partial charge in [-0.25, -0.2) is 0 Å². The van der Waals surface area contributed by atoms with E-state index < -0.39 is 0 Å². The van der Waals surface area contributed by atoms with E-state index in [-0.39, 0.29) is 6.04 Å². The molecule has 1 aromatic carbocycles. The van der Waals surface area contributed by atoms with Crippen molar-refractivity contribution in [1.82, 2.24) is 15.1 Å². The Kier molecular flexibility index (Phi) is 5.08. The van der Waals surface area contributed by atoms with E-state index in [9.17, 15) is 0 Å². The van der Waals surface area contributed by atoms with E-state index in [1.54, 1.807) is 0 Å². The molecule has 1 atom stereocenters. The molecule has 0 saturated heterocycles. The Labute approximate surface area is 129 Å². The summed E-state index contributed by atoms with van der Waals surface area (Å²) >= 11 is 12.1. The van der Waals surface area contributed by atoms with Gasteiger partial charge in [0.2, 0.25) is 0 Å². The average Bonchev–Trinajstić information content (AvgIpc) is 2.73. The maximum atomic E-state index is 6.14. The van der Waals surface area contributed by atoms with E-state index in [0.29, 0.717) is 10.0 Å². The lowest BCUT2D eigenvalue weighted by Gasteiger charge is -2.19. The van der Waals surface area contributed by atoms with Gasteiger partial charge in [0.15, 0.2) is 0 Å². The molecule has 1 aromatic heterocycles. The summed E-state index contributed by atoms with van der Waals surface area (Å²) in [5, 5.41) is 9.13. The predicted octanol–water partition coefficient (Wildman–Crippen LogP) is 4.12. The SMILES string of the molecule is CCCNC(c1ccc(Cl)c(Cl)c1)c1cn(C)nc1C. The summed E-state index contributed by atoms with van der Waals surface area (Å²) in [5.41, 5.74) is 3.29. The fourth-order valence-electron chi connectivity index (χ4n) is 2.29. The van der Waals surface area contributed by atoms with Gasteiger partial charge in [0.05, 0.1) is 21.8 Å². The zero-order valence-corrected chi connectivity index (χ0v) is 13.5. The summed E-state index contributed by atoms with van der Waals surface area (Å²) in [7, 11) is 1.93. The third-order valence-corrected chi connectivity index (χ3v) is 3.98. The average molecular weight is 312 g/mol. The number of aromatic nitrogens is 2. The molecule has 3 nitrogen and oxygen atoms in total. The Morgan fingerprint density at radius 1 is 1.30 bits per heavy atom. The van der Waals surface area contributed by atoms with E-state index in [0.717, 1.165) is 24.2 Å². The van der Waals surface area contributed by atoms with E-state index >= 15 is 0 Å². The fraction of sp³-hybridized carbons (Fsp3) is 0.400. The Balaban J connectivity index is 2.41. The van der Waals surface area contributed by atoms with E-state index in [1.807, 2.05) is 43.0 Å². The molecule has 0 radical (unpaired) electrons. The second-order valence-electron chi connectivity index (χ2n) is 4.90. The largest absolute Gasteiger partial charge is 0.306 e. The minimum absolute atomic E-state index is 0.0819. The number of hydrogen-bond donors (Lipinski definition) is 1. The second-order valence-corrected chi connectivity index (χ2v) is 5.72. The monoisotopic (exact) mass is 311 g/mol. The molecule has 2 aromatic rings. The zero-order chi connectivity index (χ0) is 14.7. The van der Waals surface area contributed by atoms with Gasteiger partial charge in [-0.15, -0.1) is 0 Å². The number of rotatable bonds is 5. The lowest BCUT2D eigenvalue weighted by molar-refractivity contribution is 0.596. The van der Waals surface area contributed by atoms with Crippen LogP contribution in [0.3, 0.4) is 0 Å². The van der Waals surface area contributed by atoms with Crippen molar-refractivity contribution in [2.24, 2.45) is 7.05 Å². The molecular formula is C15H19Cl2N3. The lowest BCUT2D eigenvalue weighted by Crippen LogP contribution is -2.23. The Morgan fingerprint density at radius 3 is 2.60 bits per heavy atom. The molecule has 0 aliphatic carbocycles. The molecule has 1 N–H and O–H groups in total. The van der Waals surface area contributed by atoms with Crippen LogP contribution in [-0.4, -0.2) is 16.3 Å². The van der Waals surface area contributed by atoms with Crippen molar-refractivity contribution in [3.05, 3.63) is 51.3 Å². The molecule has 0 saturated carbocycles. The Hall–Kier alpha value is -1.03. The smallest absolute Gasteiger partial charge is 0.0644 e. The van der Waals surface area contributed by atoms with Crippen LogP contribution in [0.25, 0.3) is 0 Å². The first kappa shape index (κ1) is 15.4. The number of nitrogens with one attached hydrogen (secondary N) is 1. The normalized spacial score (nSPS) is 12.7. The topological polar surface area (TPSA) is 29.9 Å². The predicted molar refractivity (Wildman–Crippen MR) is 84.5 cm³/mol. The lowest BCUT2D eigenvalue weighted by atomic mass is 9.99. The summed E-state index contributed by atoms with van der Waals surface area (Å²) in [6.45, 7) is 5.10. The highest BCUT2D eigenvalue weighted by Gasteiger charge is 2.18. The minimum atomic E-state index is 0.0819. The molecule has 20 heavy (non-hydrogen) atoms. The first-order chi connectivity index (χ1) is 9.52. The van der Waals surface area contributed by atoms with Crippen molar-refractivity contribution in [2.45, 2.75) is 26.3 Å². The van der Waals surface area contributed by atoms with E-state index in [4.69, 9.17) is 23.2 Å². The highest BCUT2D eigenvalue weighted by atomic mass is 35.5. The molecule has 0 fully saturated rings. The van der Waals surface area contributed by atoms with Crippen molar-refractivity contribution in [2.75, 3.05) is 6.54 Å². The van der Waals surface area contributed by atoms with Crippen molar-refractivity contribution >= 4 is 23.2 Å². The maximum Gasteiger partial charge on any atom is 0.0644 e. The zero-order valence-electron chi connectivity index (χ0n) is 12.0. The minimum Gasteiger partial charge on any atom is -0.306 e. The molecule has 2 rings (SSSR count). The molecular weight excluding hydrogens is 293 g/mol. The molecule has 1 unspecified atom stereocenters. The Bertz CT molecular complexity index is 593. The van der Waals surface area contributed by atoms with Gasteiger partial charge >= 0.3 is 0 Å². The summed E-state index contributed by atoms with van der Waals surface area (Å²) in [6.07, 6.45) is 3.11. The van der Waals surface area contributed by atoms with Gasteiger partial charge in [0.25, 0.3) is 0 Å². The van der Waals surface area contributed by atoms with Crippen LogP contribution in [-0.2, 0) is 7.05 Å². The van der Waals surface area contributed by atoms with Crippen molar-refractivity contribution < 1.29 is 0 Å². The number of hydrogen-bond acceptors (Lipinski definition) is 2. The van der Waals surface area contributed by atoms with Crippen molar-refractivity contribution in [3.63, 3.8) is 0 Å². The molecule has 0 aliphatic rings. The van der Waals surface area contributed by atoms with Gasteiger partial charge in [0.1, 0.15) is 0 Å². The number of halogens is 2. The van der Waals surface area contributed by atoms with Gasteiger partial charge in [0, 0.05) is 18.8 Å². The quantitative estimate of drug-likeness (QED) is 0.900. The highest BCUT2D eigenvalue weighted by molar-refractivity contribution is 6.42. The first-order valence-corrected chi connectivity index (χ1v) is 7.47. The number of benzene rings is 1. The third-order valence-electron chi connectivity index (χ3n) is 3.24. The molecule has 108 valence electrons.